The van der Waals surface area contributed by atoms with Crippen LogP contribution < -0.4 is 5.32 Å². The van der Waals surface area contributed by atoms with Crippen molar-refractivity contribution >= 4 is 40.5 Å². The van der Waals surface area contributed by atoms with E-state index in [1.165, 1.54) is 0 Å². The molecule has 8 heteroatoms. The Labute approximate surface area is 119 Å². The fourth-order valence-electron chi connectivity index (χ4n) is 1.35. The van der Waals surface area contributed by atoms with Crippen molar-refractivity contribution < 1.29 is 14.5 Å². The number of hydrogen-bond acceptors (Lipinski definition) is 5. The van der Waals surface area contributed by atoms with Crippen molar-refractivity contribution in [1.82, 2.24) is 0 Å². The van der Waals surface area contributed by atoms with Crippen molar-refractivity contribution in [3.63, 3.8) is 0 Å². The van der Waals surface area contributed by atoms with E-state index in [1.807, 2.05) is 0 Å². The molecular weight excluding hydrogens is 295 g/mol. The standard InChI is InChI=1S/C11H12Cl2N2O4/c1-3-19-11(16)6(2)14-10-8(12)4-7(15(17)18)5-9(10)13/h4-6,14H,3H2,1-2H3. The van der Waals surface area contributed by atoms with Gasteiger partial charge in [-0.2, -0.15) is 0 Å². The van der Waals surface area contributed by atoms with Crippen LogP contribution in [0.5, 0.6) is 0 Å². The molecule has 104 valence electrons. The minimum Gasteiger partial charge on any atom is -0.464 e. The van der Waals surface area contributed by atoms with Gasteiger partial charge in [0.1, 0.15) is 6.04 Å². The fourth-order valence-corrected chi connectivity index (χ4v) is 1.93. The molecule has 0 bridgehead atoms. The van der Waals surface area contributed by atoms with Crippen LogP contribution in [0.1, 0.15) is 13.8 Å². The highest BCUT2D eigenvalue weighted by atomic mass is 35.5. The first-order valence-corrected chi connectivity index (χ1v) is 6.19. The molecule has 19 heavy (non-hydrogen) atoms. The highest BCUT2D eigenvalue weighted by Gasteiger charge is 2.19. The van der Waals surface area contributed by atoms with E-state index in [2.05, 4.69) is 5.32 Å². The molecule has 0 heterocycles. The quantitative estimate of drug-likeness (QED) is 0.513. The van der Waals surface area contributed by atoms with Crippen LogP contribution in [0.15, 0.2) is 12.1 Å². The average Bonchev–Trinajstić information content (AvgIpc) is 2.33. The van der Waals surface area contributed by atoms with Gasteiger partial charge in [0, 0.05) is 12.1 Å². The summed E-state index contributed by atoms with van der Waals surface area (Å²) in [5.74, 6) is -0.465. The van der Waals surface area contributed by atoms with E-state index in [1.54, 1.807) is 13.8 Å². The monoisotopic (exact) mass is 306 g/mol. The number of carbonyl (C=O) groups is 1. The van der Waals surface area contributed by atoms with E-state index in [4.69, 9.17) is 27.9 Å². The number of rotatable bonds is 5. The lowest BCUT2D eigenvalue weighted by Crippen LogP contribution is -2.28. The van der Waals surface area contributed by atoms with E-state index in [0.717, 1.165) is 12.1 Å². The van der Waals surface area contributed by atoms with Gasteiger partial charge in [0.05, 0.1) is 27.3 Å². The van der Waals surface area contributed by atoms with Crippen LogP contribution in [-0.2, 0) is 9.53 Å². The van der Waals surface area contributed by atoms with Crippen LogP contribution >= 0.6 is 23.2 Å². The van der Waals surface area contributed by atoms with Gasteiger partial charge in [-0.05, 0) is 13.8 Å². The molecule has 0 aliphatic rings. The van der Waals surface area contributed by atoms with Crippen molar-refractivity contribution in [1.29, 1.82) is 0 Å². The van der Waals surface area contributed by atoms with Gasteiger partial charge in [0.25, 0.3) is 5.69 Å². The summed E-state index contributed by atoms with van der Waals surface area (Å²) in [6.45, 7) is 3.52. The number of nitrogens with zero attached hydrogens (tertiary/aromatic N) is 1. The molecule has 0 saturated heterocycles. The Kier molecular flexibility index (Phi) is 5.38. The van der Waals surface area contributed by atoms with Crippen LogP contribution in [0.25, 0.3) is 0 Å². The van der Waals surface area contributed by atoms with Gasteiger partial charge in [-0.3, -0.25) is 10.1 Å². The Balaban J connectivity index is 2.96. The molecule has 0 aromatic heterocycles. The molecule has 1 rings (SSSR count). The number of halogens is 2. The lowest BCUT2D eigenvalue weighted by atomic mass is 10.2. The first-order valence-electron chi connectivity index (χ1n) is 5.43. The van der Waals surface area contributed by atoms with Gasteiger partial charge in [-0.1, -0.05) is 23.2 Å². The number of nitrogens with one attached hydrogen (secondary N) is 1. The van der Waals surface area contributed by atoms with Crippen molar-refractivity contribution in [3.05, 3.63) is 32.3 Å². The Morgan fingerprint density at radius 2 is 2.00 bits per heavy atom. The fraction of sp³-hybridized carbons (Fsp3) is 0.364. The number of carbonyl (C=O) groups excluding carboxylic acids is 1. The van der Waals surface area contributed by atoms with Gasteiger partial charge in [-0.15, -0.1) is 0 Å². The Hall–Kier alpha value is -1.53. The first kappa shape index (κ1) is 15.5. The molecule has 1 aromatic carbocycles. The topological polar surface area (TPSA) is 81.5 Å². The molecule has 0 aliphatic carbocycles. The third kappa shape index (κ3) is 3.97. The summed E-state index contributed by atoms with van der Waals surface area (Å²) in [6, 6.07) is 1.65. The van der Waals surface area contributed by atoms with Crippen molar-refractivity contribution in [3.8, 4) is 0 Å². The summed E-state index contributed by atoms with van der Waals surface area (Å²) in [5, 5.41) is 13.5. The molecule has 0 amide bonds. The molecule has 1 aromatic rings. The summed E-state index contributed by atoms with van der Waals surface area (Å²) >= 11 is 11.8. The predicted octanol–water partition coefficient (Wildman–Crippen LogP) is 3.27. The number of ether oxygens (including phenoxy) is 1. The lowest BCUT2D eigenvalue weighted by Gasteiger charge is -2.16. The number of non-ortho nitro benzene ring substituents is 1. The van der Waals surface area contributed by atoms with Gasteiger partial charge >= 0.3 is 5.97 Å². The first-order chi connectivity index (χ1) is 8.86. The second kappa shape index (κ2) is 6.58. The number of benzene rings is 1. The van der Waals surface area contributed by atoms with Gasteiger partial charge in [0.15, 0.2) is 0 Å². The summed E-state index contributed by atoms with van der Waals surface area (Å²) in [7, 11) is 0. The number of esters is 1. The molecule has 0 fully saturated rings. The van der Waals surface area contributed by atoms with Crippen LogP contribution in [0.4, 0.5) is 11.4 Å². The highest BCUT2D eigenvalue weighted by Crippen LogP contribution is 2.35. The van der Waals surface area contributed by atoms with E-state index < -0.39 is 16.9 Å². The van der Waals surface area contributed by atoms with Crippen LogP contribution in [0.2, 0.25) is 10.0 Å². The van der Waals surface area contributed by atoms with E-state index in [-0.39, 0.29) is 28.0 Å². The number of nitro benzene ring substituents is 1. The third-order valence-electron chi connectivity index (χ3n) is 2.24. The molecule has 1 unspecified atom stereocenters. The molecule has 6 nitrogen and oxygen atoms in total. The number of nitro groups is 1. The summed E-state index contributed by atoms with van der Waals surface area (Å²) in [5.41, 5.74) is 0.0406. The Morgan fingerprint density at radius 1 is 1.47 bits per heavy atom. The summed E-state index contributed by atoms with van der Waals surface area (Å²) in [6.07, 6.45) is 0. The lowest BCUT2D eigenvalue weighted by molar-refractivity contribution is -0.384. The minimum absolute atomic E-state index is 0.0651. The Bertz CT molecular complexity index is 484. The molecule has 1 N–H and O–H groups in total. The molecular formula is C11H12Cl2N2O4. The van der Waals surface area contributed by atoms with E-state index in [0.29, 0.717) is 0 Å². The zero-order valence-electron chi connectivity index (χ0n) is 10.3. The maximum Gasteiger partial charge on any atom is 0.328 e. The normalized spacial score (nSPS) is 11.8. The number of anilines is 1. The molecule has 1 atom stereocenters. The molecule has 0 radical (unpaired) electrons. The summed E-state index contributed by atoms with van der Waals surface area (Å²) in [4.78, 5) is 21.5. The smallest absolute Gasteiger partial charge is 0.328 e. The minimum atomic E-state index is -0.670. The average molecular weight is 307 g/mol. The van der Waals surface area contributed by atoms with Crippen LogP contribution in [0, 0.1) is 10.1 Å². The van der Waals surface area contributed by atoms with Gasteiger partial charge < -0.3 is 10.1 Å². The van der Waals surface area contributed by atoms with Gasteiger partial charge in [-0.25, -0.2) is 4.79 Å². The number of hydrogen-bond donors (Lipinski definition) is 1. The Morgan fingerprint density at radius 3 is 2.42 bits per heavy atom. The van der Waals surface area contributed by atoms with Crippen molar-refractivity contribution in [2.24, 2.45) is 0 Å². The molecule has 0 spiro atoms. The molecule has 0 saturated carbocycles. The second-order valence-corrected chi connectivity index (χ2v) is 4.47. The van der Waals surface area contributed by atoms with Crippen molar-refractivity contribution in [2.75, 3.05) is 11.9 Å². The highest BCUT2D eigenvalue weighted by molar-refractivity contribution is 6.39. The van der Waals surface area contributed by atoms with Gasteiger partial charge in [0.2, 0.25) is 0 Å². The third-order valence-corrected chi connectivity index (χ3v) is 2.83. The zero-order valence-corrected chi connectivity index (χ0v) is 11.8. The second-order valence-electron chi connectivity index (χ2n) is 3.66. The maximum absolute atomic E-state index is 11.5. The largest absolute Gasteiger partial charge is 0.464 e. The van der Waals surface area contributed by atoms with Crippen LogP contribution in [0.3, 0.4) is 0 Å². The van der Waals surface area contributed by atoms with E-state index >= 15 is 0 Å². The zero-order chi connectivity index (χ0) is 14.6. The van der Waals surface area contributed by atoms with Crippen molar-refractivity contribution in [2.45, 2.75) is 19.9 Å². The van der Waals surface area contributed by atoms with Crippen LogP contribution in [-0.4, -0.2) is 23.5 Å². The maximum atomic E-state index is 11.5. The predicted molar refractivity (Wildman–Crippen MR) is 72.8 cm³/mol. The molecule has 0 aliphatic heterocycles. The SMILES string of the molecule is CCOC(=O)C(C)Nc1c(Cl)cc([N+](=O)[O-])cc1Cl. The summed E-state index contributed by atoms with van der Waals surface area (Å²) < 4.78 is 4.82. The van der Waals surface area contributed by atoms with E-state index in [9.17, 15) is 14.9 Å².